The summed E-state index contributed by atoms with van der Waals surface area (Å²) in [6.07, 6.45) is 6.28. The van der Waals surface area contributed by atoms with Gasteiger partial charge in [-0.2, -0.15) is 0 Å². The molecular formula is C17H24O3. The van der Waals surface area contributed by atoms with Gasteiger partial charge in [-0.1, -0.05) is 12.1 Å². The SMILES string of the molecule is C=CC[C@]1(O)CCC[C@H](c2ccc(OC)c(OC)c2)C1. The molecule has 1 fully saturated rings. The molecule has 2 atom stereocenters. The molecule has 110 valence electrons. The van der Waals surface area contributed by atoms with Crippen LogP contribution in [0.4, 0.5) is 0 Å². The minimum atomic E-state index is -0.599. The zero-order chi connectivity index (χ0) is 14.6. The Morgan fingerprint density at radius 2 is 2.10 bits per heavy atom. The third-order valence-electron chi connectivity index (χ3n) is 4.22. The van der Waals surface area contributed by atoms with Crippen LogP contribution < -0.4 is 9.47 Å². The maximum Gasteiger partial charge on any atom is 0.160 e. The van der Waals surface area contributed by atoms with Gasteiger partial charge >= 0.3 is 0 Å². The first kappa shape index (κ1) is 14.9. The molecule has 0 aliphatic heterocycles. The molecule has 3 nitrogen and oxygen atoms in total. The van der Waals surface area contributed by atoms with Crippen molar-refractivity contribution in [2.45, 2.75) is 43.6 Å². The van der Waals surface area contributed by atoms with Crippen LogP contribution in [0.3, 0.4) is 0 Å². The fraction of sp³-hybridized carbons (Fsp3) is 0.529. The smallest absolute Gasteiger partial charge is 0.160 e. The van der Waals surface area contributed by atoms with E-state index >= 15 is 0 Å². The standard InChI is InChI=1S/C17H24O3/c1-4-9-17(18)10-5-6-14(12-17)13-7-8-15(19-2)16(11-13)20-3/h4,7-8,11,14,18H,1,5-6,9-10,12H2,2-3H3/t14-,17-/m0/s1. The first-order valence-corrected chi connectivity index (χ1v) is 7.17. The highest BCUT2D eigenvalue weighted by Crippen LogP contribution is 2.42. The molecular weight excluding hydrogens is 252 g/mol. The maximum absolute atomic E-state index is 10.6. The van der Waals surface area contributed by atoms with Gasteiger partial charge in [-0.25, -0.2) is 0 Å². The van der Waals surface area contributed by atoms with Crippen molar-refractivity contribution < 1.29 is 14.6 Å². The van der Waals surface area contributed by atoms with Crippen molar-refractivity contribution >= 4 is 0 Å². The highest BCUT2D eigenvalue weighted by molar-refractivity contribution is 5.44. The second-order valence-electron chi connectivity index (χ2n) is 5.62. The number of rotatable bonds is 5. The summed E-state index contributed by atoms with van der Waals surface area (Å²) in [7, 11) is 3.29. The largest absolute Gasteiger partial charge is 0.493 e. The zero-order valence-corrected chi connectivity index (χ0v) is 12.4. The molecule has 0 spiro atoms. The van der Waals surface area contributed by atoms with Crippen LogP contribution >= 0.6 is 0 Å². The molecule has 0 unspecified atom stereocenters. The summed E-state index contributed by atoms with van der Waals surface area (Å²) < 4.78 is 10.6. The molecule has 1 N–H and O–H groups in total. The number of hydrogen-bond acceptors (Lipinski definition) is 3. The van der Waals surface area contributed by atoms with Gasteiger partial charge in [0.2, 0.25) is 0 Å². The molecule has 3 heteroatoms. The van der Waals surface area contributed by atoms with Crippen molar-refractivity contribution in [3.63, 3.8) is 0 Å². The number of aliphatic hydroxyl groups is 1. The Balaban J connectivity index is 2.20. The van der Waals surface area contributed by atoms with Crippen LogP contribution in [0.15, 0.2) is 30.9 Å². The number of hydrogen-bond donors (Lipinski definition) is 1. The van der Waals surface area contributed by atoms with E-state index in [9.17, 15) is 5.11 Å². The van der Waals surface area contributed by atoms with Gasteiger partial charge in [0.1, 0.15) is 0 Å². The molecule has 1 aromatic rings. The lowest BCUT2D eigenvalue weighted by Gasteiger charge is -2.36. The van der Waals surface area contributed by atoms with E-state index in [-0.39, 0.29) is 0 Å². The molecule has 20 heavy (non-hydrogen) atoms. The van der Waals surface area contributed by atoms with Crippen LogP contribution in [0.2, 0.25) is 0 Å². The van der Waals surface area contributed by atoms with Crippen LogP contribution in [0, 0.1) is 0 Å². The Morgan fingerprint density at radius 3 is 2.75 bits per heavy atom. The quantitative estimate of drug-likeness (QED) is 0.834. The Bertz CT molecular complexity index is 469. The molecule has 2 rings (SSSR count). The van der Waals surface area contributed by atoms with E-state index in [0.717, 1.165) is 37.2 Å². The van der Waals surface area contributed by atoms with Crippen molar-refractivity contribution in [2.75, 3.05) is 14.2 Å². The Morgan fingerprint density at radius 1 is 1.35 bits per heavy atom. The fourth-order valence-electron chi connectivity index (χ4n) is 3.19. The average Bonchev–Trinajstić information content (AvgIpc) is 2.46. The topological polar surface area (TPSA) is 38.7 Å². The summed E-state index contributed by atoms with van der Waals surface area (Å²) in [6.45, 7) is 3.75. The second kappa shape index (κ2) is 6.31. The van der Waals surface area contributed by atoms with Gasteiger partial charge in [-0.15, -0.1) is 6.58 Å². The van der Waals surface area contributed by atoms with Gasteiger partial charge in [0.25, 0.3) is 0 Å². The summed E-state index contributed by atoms with van der Waals surface area (Å²) in [4.78, 5) is 0. The molecule has 0 bridgehead atoms. The van der Waals surface area contributed by atoms with Crippen LogP contribution in [0.5, 0.6) is 11.5 Å². The Labute approximate surface area is 121 Å². The molecule has 1 aliphatic rings. The van der Waals surface area contributed by atoms with E-state index in [1.54, 1.807) is 14.2 Å². The fourth-order valence-corrected chi connectivity index (χ4v) is 3.19. The molecule has 0 heterocycles. The number of benzene rings is 1. The van der Waals surface area contributed by atoms with E-state index in [1.807, 2.05) is 18.2 Å². The van der Waals surface area contributed by atoms with E-state index < -0.39 is 5.60 Å². The monoisotopic (exact) mass is 276 g/mol. The van der Waals surface area contributed by atoms with E-state index in [1.165, 1.54) is 5.56 Å². The number of methoxy groups -OCH3 is 2. The van der Waals surface area contributed by atoms with Crippen LogP contribution in [0.1, 0.15) is 43.6 Å². The third-order valence-corrected chi connectivity index (χ3v) is 4.22. The van der Waals surface area contributed by atoms with Crippen LogP contribution in [-0.4, -0.2) is 24.9 Å². The minimum absolute atomic E-state index is 0.369. The molecule has 0 radical (unpaired) electrons. The second-order valence-corrected chi connectivity index (χ2v) is 5.62. The van der Waals surface area contributed by atoms with Gasteiger partial charge in [0.15, 0.2) is 11.5 Å². The summed E-state index contributed by atoms with van der Waals surface area (Å²) in [6, 6.07) is 6.05. The summed E-state index contributed by atoms with van der Waals surface area (Å²) in [5.74, 6) is 1.87. The zero-order valence-electron chi connectivity index (χ0n) is 12.4. The lowest BCUT2D eigenvalue weighted by atomic mass is 9.74. The first-order valence-electron chi connectivity index (χ1n) is 7.17. The van der Waals surface area contributed by atoms with E-state index in [2.05, 4.69) is 12.6 Å². The van der Waals surface area contributed by atoms with Gasteiger partial charge in [0.05, 0.1) is 19.8 Å². The molecule has 1 saturated carbocycles. The van der Waals surface area contributed by atoms with Gasteiger partial charge in [-0.3, -0.25) is 0 Å². The Hall–Kier alpha value is -1.48. The summed E-state index contributed by atoms with van der Waals surface area (Å²) in [5, 5.41) is 10.6. The third kappa shape index (κ3) is 3.15. The average molecular weight is 276 g/mol. The highest BCUT2D eigenvalue weighted by Gasteiger charge is 2.34. The lowest BCUT2D eigenvalue weighted by Crippen LogP contribution is -2.33. The van der Waals surface area contributed by atoms with Gasteiger partial charge in [0, 0.05) is 0 Å². The highest BCUT2D eigenvalue weighted by atomic mass is 16.5. The van der Waals surface area contributed by atoms with Gasteiger partial charge < -0.3 is 14.6 Å². The first-order chi connectivity index (χ1) is 9.61. The Kier molecular flexibility index (Phi) is 4.71. The van der Waals surface area contributed by atoms with Crippen molar-refractivity contribution in [2.24, 2.45) is 0 Å². The molecule has 0 saturated heterocycles. The maximum atomic E-state index is 10.6. The molecule has 0 amide bonds. The van der Waals surface area contributed by atoms with Crippen LogP contribution in [0.25, 0.3) is 0 Å². The summed E-state index contributed by atoms with van der Waals surface area (Å²) >= 11 is 0. The normalized spacial score (nSPS) is 26.1. The van der Waals surface area contributed by atoms with Crippen molar-refractivity contribution in [3.8, 4) is 11.5 Å². The predicted molar refractivity (Wildman–Crippen MR) is 80.5 cm³/mol. The predicted octanol–water partition coefficient (Wildman–Crippen LogP) is 3.67. The lowest BCUT2D eigenvalue weighted by molar-refractivity contribution is -0.000641. The van der Waals surface area contributed by atoms with Crippen molar-refractivity contribution in [3.05, 3.63) is 36.4 Å². The van der Waals surface area contributed by atoms with Crippen LogP contribution in [-0.2, 0) is 0 Å². The van der Waals surface area contributed by atoms with Crippen molar-refractivity contribution in [1.82, 2.24) is 0 Å². The van der Waals surface area contributed by atoms with Gasteiger partial charge in [-0.05, 0) is 55.7 Å². The molecule has 1 aromatic carbocycles. The van der Waals surface area contributed by atoms with E-state index in [0.29, 0.717) is 12.3 Å². The van der Waals surface area contributed by atoms with Crippen molar-refractivity contribution in [1.29, 1.82) is 0 Å². The number of ether oxygens (including phenoxy) is 2. The van der Waals surface area contributed by atoms with E-state index in [4.69, 9.17) is 9.47 Å². The summed E-state index contributed by atoms with van der Waals surface area (Å²) in [5.41, 5.74) is 0.613. The molecule has 0 aromatic heterocycles. The minimum Gasteiger partial charge on any atom is -0.493 e. The molecule has 1 aliphatic carbocycles.